The van der Waals surface area contributed by atoms with Crippen LogP contribution in [0.2, 0.25) is 5.02 Å². The number of halogens is 4. The smallest absolute Gasteiger partial charge is 0.416 e. The van der Waals surface area contributed by atoms with E-state index < -0.39 is 35.1 Å². The summed E-state index contributed by atoms with van der Waals surface area (Å²) in [5.41, 5.74) is -1.61. The van der Waals surface area contributed by atoms with Crippen molar-refractivity contribution in [1.29, 1.82) is 0 Å². The quantitative estimate of drug-likeness (QED) is 0.462. The molecule has 1 amide bonds. The molecule has 7 nitrogen and oxygen atoms in total. The number of nitrogens with zero attached hydrogens (tertiary/aromatic N) is 1. The maximum absolute atomic E-state index is 12.6. The number of non-ortho nitro benzene ring substituents is 1. The molecule has 0 saturated heterocycles. The average Bonchev–Trinajstić information content (AvgIpc) is 2.59. The van der Waals surface area contributed by atoms with E-state index in [0.717, 1.165) is 36.4 Å². The molecule has 0 aliphatic rings. The number of hydrogen-bond donors (Lipinski definition) is 1. The molecule has 2 aromatic carbocycles. The van der Waals surface area contributed by atoms with Crippen molar-refractivity contribution < 1.29 is 32.4 Å². The lowest BCUT2D eigenvalue weighted by molar-refractivity contribution is -0.384. The Morgan fingerprint density at radius 2 is 1.89 bits per heavy atom. The van der Waals surface area contributed by atoms with Crippen LogP contribution in [-0.2, 0) is 15.7 Å². The van der Waals surface area contributed by atoms with Gasteiger partial charge < -0.3 is 10.1 Å². The molecule has 0 aromatic heterocycles. The standard InChI is InChI=1S/C16H10ClF3N2O5/c17-13-7-11(22(25)26)4-5-12(13)15(24)27-8-14(23)21-10-3-1-2-9(6-10)16(18,19)20/h1-7H,8H2,(H,21,23). The van der Waals surface area contributed by atoms with Gasteiger partial charge in [0, 0.05) is 17.8 Å². The number of anilines is 1. The van der Waals surface area contributed by atoms with Gasteiger partial charge in [-0.3, -0.25) is 14.9 Å². The molecule has 0 unspecified atom stereocenters. The molecule has 1 N–H and O–H groups in total. The first-order valence-electron chi connectivity index (χ1n) is 7.16. The van der Waals surface area contributed by atoms with Crippen LogP contribution in [0.3, 0.4) is 0 Å². The molecule has 0 aliphatic carbocycles. The Balaban J connectivity index is 1.98. The van der Waals surface area contributed by atoms with E-state index in [2.05, 4.69) is 5.32 Å². The molecule has 2 aromatic rings. The number of nitrogens with one attached hydrogen (secondary N) is 1. The molecule has 0 bridgehead atoms. The summed E-state index contributed by atoms with van der Waals surface area (Å²) in [4.78, 5) is 33.5. The first-order valence-corrected chi connectivity index (χ1v) is 7.54. The van der Waals surface area contributed by atoms with E-state index in [1.807, 2.05) is 0 Å². The van der Waals surface area contributed by atoms with E-state index in [0.29, 0.717) is 0 Å². The van der Waals surface area contributed by atoms with Crippen LogP contribution >= 0.6 is 11.6 Å². The summed E-state index contributed by atoms with van der Waals surface area (Å²) in [7, 11) is 0. The molecule has 0 atom stereocenters. The SMILES string of the molecule is O=C(COC(=O)c1ccc([N+](=O)[O-])cc1Cl)Nc1cccc(C(F)(F)F)c1. The van der Waals surface area contributed by atoms with E-state index in [1.165, 1.54) is 6.07 Å². The fraction of sp³-hybridized carbons (Fsp3) is 0.125. The van der Waals surface area contributed by atoms with Crippen LogP contribution in [0.1, 0.15) is 15.9 Å². The Bertz CT molecular complexity index is 902. The molecule has 0 radical (unpaired) electrons. The van der Waals surface area contributed by atoms with Crippen LogP contribution in [0.4, 0.5) is 24.5 Å². The summed E-state index contributed by atoms with van der Waals surface area (Å²) in [6.45, 7) is -0.789. The zero-order valence-electron chi connectivity index (χ0n) is 13.2. The predicted molar refractivity (Wildman–Crippen MR) is 88.5 cm³/mol. The molecule has 2 rings (SSSR count). The summed E-state index contributed by atoms with van der Waals surface area (Å²) in [6, 6.07) is 6.96. The fourth-order valence-electron chi connectivity index (χ4n) is 1.96. The Labute approximate surface area is 154 Å². The summed E-state index contributed by atoms with van der Waals surface area (Å²) >= 11 is 5.76. The van der Waals surface area contributed by atoms with Crippen molar-refractivity contribution in [3.63, 3.8) is 0 Å². The molecule has 0 saturated carbocycles. The topological polar surface area (TPSA) is 98.5 Å². The third-order valence-corrected chi connectivity index (χ3v) is 3.50. The summed E-state index contributed by atoms with van der Waals surface area (Å²) in [5.74, 6) is -1.89. The Hall–Kier alpha value is -3.14. The highest BCUT2D eigenvalue weighted by atomic mass is 35.5. The summed E-state index contributed by atoms with van der Waals surface area (Å²) in [5, 5.41) is 12.5. The van der Waals surface area contributed by atoms with Crippen LogP contribution in [-0.4, -0.2) is 23.4 Å². The molecule has 142 valence electrons. The minimum atomic E-state index is -4.57. The van der Waals surface area contributed by atoms with Crippen LogP contribution in [0.5, 0.6) is 0 Å². The molecular weight excluding hydrogens is 393 g/mol. The van der Waals surface area contributed by atoms with Gasteiger partial charge in [0.2, 0.25) is 0 Å². The lowest BCUT2D eigenvalue weighted by Crippen LogP contribution is -2.21. The second-order valence-electron chi connectivity index (χ2n) is 5.12. The molecular formula is C16H10ClF3N2O5. The number of ether oxygens (including phenoxy) is 1. The van der Waals surface area contributed by atoms with Gasteiger partial charge in [0.1, 0.15) is 0 Å². The van der Waals surface area contributed by atoms with E-state index in [1.54, 1.807) is 0 Å². The van der Waals surface area contributed by atoms with E-state index in [-0.39, 0.29) is 22.0 Å². The minimum Gasteiger partial charge on any atom is -0.452 e. The van der Waals surface area contributed by atoms with Crippen molar-refractivity contribution in [2.24, 2.45) is 0 Å². The van der Waals surface area contributed by atoms with Crippen LogP contribution < -0.4 is 5.32 Å². The average molecular weight is 403 g/mol. The van der Waals surface area contributed by atoms with E-state index in [4.69, 9.17) is 16.3 Å². The Morgan fingerprint density at radius 1 is 1.19 bits per heavy atom. The Kier molecular flexibility index (Phi) is 6.01. The highest BCUT2D eigenvalue weighted by molar-refractivity contribution is 6.33. The third kappa shape index (κ3) is 5.42. The monoisotopic (exact) mass is 402 g/mol. The fourth-order valence-corrected chi connectivity index (χ4v) is 2.21. The number of carbonyl (C=O) groups is 2. The van der Waals surface area contributed by atoms with Crippen molar-refractivity contribution >= 4 is 34.9 Å². The first-order chi connectivity index (χ1) is 12.6. The molecule has 0 spiro atoms. The van der Waals surface area contributed by atoms with E-state index in [9.17, 15) is 32.9 Å². The third-order valence-electron chi connectivity index (χ3n) is 3.19. The van der Waals surface area contributed by atoms with Gasteiger partial charge in [-0.05, 0) is 24.3 Å². The van der Waals surface area contributed by atoms with Gasteiger partial charge in [0.15, 0.2) is 6.61 Å². The highest BCUT2D eigenvalue weighted by Crippen LogP contribution is 2.30. The van der Waals surface area contributed by atoms with Gasteiger partial charge in [-0.25, -0.2) is 4.79 Å². The van der Waals surface area contributed by atoms with Gasteiger partial charge >= 0.3 is 12.1 Å². The van der Waals surface area contributed by atoms with Gasteiger partial charge in [-0.15, -0.1) is 0 Å². The van der Waals surface area contributed by atoms with E-state index >= 15 is 0 Å². The zero-order valence-corrected chi connectivity index (χ0v) is 14.0. The maximum Gasteiger partial charge on any atom is 0.416 e. The number of carbonyl (C=O) groups excluding carboxylic acids is 2. The Morgan fingerprint density at radius 3 is 2.48 bits per heavy atom. The highest BCUT2D eigenvalue weighted by Gasteiger charge is 2.30. The van der Waals surface area contributed by atoms with Crippen LogP contribution in [0.25, 0.3) is 0 Å². The molecule has 0 aliphatic heterocycles. The number of rotatable bonds is 5. The molecule has 11 heteroatoms. The maximum atomic E-state index is 12.6. The second kappa shape index (κ2) is 8.04. The largest absolute Gasteiger partial charge is 0.452 e. The predicted octanol–water partition coefficient (Wildman–Crippen LogP) is 4.06. The van der Waals surface area contributed by atoms with Crippen molar-refractivity contribution in [3.05, 3.63) is 68.7 Å². The number of benzene rings is 2. The van der Waals surface area contributed by atoms with Crippen molar-refractivity contribution in [2.75, 3.05) is 11.9 Å². The molecule has 27 heavy (non-hydrogen) atoms. The number of alkyl halides is 3. The number of hydrogen-bond acceptors (Lipinski definition) is 5. The number of amides is 1. The number of nitro benzene ring substituents is 1. The van der Waals surface area contributed by atoms with Crippen LogP contribution in [0, 0.1) is 10.1 Å². The van der Waals surface area contributed by atoms with Crippen molar-refractivity contribution in [1.82, 2.24) is 0 Å². The zero-order chi connectivity index (χ0) is 20.2. The second-order valence-corrected chi connectivity index (χ2v) is 5.53. The van der Waals surface area contributed by atoms with Gasteiger partial charge in [0.05, 0.1) is 21.1 Å². The van der Waals surface area contributed by atoms with Gasteiger partial charge in [0.25, 0.3) is 11.6 Å². The van der Waals surface area contributed by atoms with Gasteiger partial charge in [-0.2, -0.15) is 13.2 Å². The van der Waals surface area contributed by atoms with Crippen LogP contribution in [0.15, 0.2) is 42.5 Å². The summed E-state index contributed by atoms with van der Waals surface area (Å²) in [6.07, 6.45) is -4.57. The van der Waals surface area contributed by atoms with Crippen molar-refractivity contribution in [2.45, 2.75) is 6.18 Å². The van der Waals surface area contributed by atoms with Gasteiger partial charge in [-0.1, -0.05) is 17.7 Å². The number of nitro groups is 1. The first kappa shape index (κ1) is 20.2. The van der Waals surface area contributed by atoms with Crippen molar-refractivity contribution in [3.8, 4) is 0 Å². The summed E-state index contributed by atoms with van der Waals surface area (Å²) < 4.78 is 42.6. The molecule has 0 heterocycles. The normalized spacial score (nSPS) is 11.0. The molecule has 0 fully saturated rings. The number of esters is 1. The lowest BCUT2D eigenvalue weighted by atomic mass is 10.2. The lowest BCUT2D eigenvalue weighted by Gasteiger charge is -2.10. The minimum absolute atomic E-state index is 0.126.